The smallest absolute Gasteiger partial charge is 0.232 e. The van der Waals surface area contributed by atoms with Gasteiger partial charge in [-0.1, -0.05) is 6.07 Å². The molecule has 2 aromatic carbocycles. The van der Waals surface area contributed by atoms with Crippen LogP contribution in [0.5, 0.6) is 5.75 Å². The summed E-state index contributed by atoms with van der Waals surface area (Å²) in [4.78, 5) is 28.6. The Balaban J connectivity index is 1.78. The maximum absolute atomic E-state index is 13.1. The van der Waals surface area contributed by atoms with Gasteiger partial charge in [0, 0.05) is 37.0 Å². The topological polar surface area (TPSA) is 49.9 Å². The van der Waals surface area contributed by atoms with Gasteiger partial charge in [0.1, 0.15) is 11.6 Å². The summed E-state index contributed by atoms with van der Waals surface area (Å²) in [7, 11) is 1.57. The van der Waals surface area contributed by atoms with Gasteiger partial charge in [0.15, 0.2) is 0 Å². The van der Waals surface area contributed by atoms with Gasteiger partial charge < -0.3 is 14.5 Å². The van der Waals surface area contributed by atoms with Gasteiger partial charge in [-0.2, -0.15) is 0 Å². The quantitative estimate of drug-likeness (QED) is 0.826. The highest BCUT2D eigenvalue weighted by atomic mass is 19.1. The van der Waals surface area contributed by atoms with Crippen LogP contribution in [0.3, 0.4) is 0 Å². The minimum absolute atomic E-state index is 0.0910. The van der Waals surface area contributed by atoms with Crippen LogP contribution in [0.1, 0.15) is 13.3 Å². The van der Waals surface area contributed by atoms with E-state index in [1.165, 1.54) is 12.1 Å². The van der Waals surface area contributed by atoms with Gasteiger partial charge in [0.25, 0.3) is 0 Å². The van der Waals surface area contributed by atoms with Gasteiger partial charge in [-0.15, -0.1) is 0 Å². The molecule has 0 spiro atoms. The number of carbonyl (C=O) groups excluding carboxylic acids is 2. The zero-order valence-corrected chi connectivity index (χ0v) is 14.8. The molecule has 26 heavy (non-hydrogen) atoms. The van der Waals surface area contributed by atoms with E-state index in [2.05, 4.69) is 0 Å². The van der Waals surface area contributed by atoms with Crippen molar-refractivity contribution in [2.45, 2.75) is 13.3 Å². The Morgan fingerprint density at radius 1 is 1.27 bits per heavy atom. The molecule has 136 valence electrons. The molecule has 0 bridgehead atoms. The second-order valence-corrected chi connectivity index (χ2v) is 6.17. The van der Waals surface area contributed by atoms with Crippen LogP contribution in [0.25, 0.3) is 0 Å². The van der Waals surface area contributed by atoms with Crippen molar-refractivity contribution in [3.8, 4) is 5.75 Å². The zero-order chi connectivity index (χ0) is 18.7. The number of amides is 2. The van der Waals surface area contributed by atoms with E-state index in [0.717, 1.165) is 5.69 Å². The van der Waals surface area contributed by atoms with Gasteiger partial charge in [0.2, 0.25) is 11.8 Å². The predicted octanol–water partition coefficient (Wildman–Crippen LogP) is 3.24. The minimum atomic E-state index is -0.432. The van der Waals surface area contributed by atoms with Crippen molar-refractivity contribution < 1.29 is 18.7 Å². The van der Waals surface area contributed by atoms with Crippen molar-refractivity contribution in [2.24, 2.45) is 5.92 Å². The minimum Gasteiger partial charge on any atom is -0.497 e. The van der Waals surface area contributed by atoms with Crippen molar-refractivity contribution in [1.82, 2.24) is 0 Å². The highest BCUT2D eigenvalue weighted by molar-refractivity contribution is 6.04. The average Bonchev–Trinajstić information content (AvgIpc) is 3.05. The molecule has 1 aliphatic heterocycles. The first-order valence-electron chi connectivity index (χ1n) is 8.55. The molecule has 1 aliphatic rings. The Bertz CT molecular complexity index is 807. The third-order valence-corrected chi connectivity index (χ3v) is 4.56. The molecule has 6 heteroatoms. The summed E-state index contributed by atoms with van der Waals surface area (Å²) in [6, 6.07) is 13.0. The molecule has 1 atom stereocenters. The Hall–Kier alpha value is -2.89. The number of methoxy groups -OCH3 is 1. The van der Waals surface area contributed by atoms with Crippen LogP contribution in [0, 0.1) is 11.7 Å². The first-order valence-corrected chi connectivity index (χ1v) is 8.55. The van der Waals surface area contributed by atoms with E-state index in [1.54, 1.807) is 41.2 Å². The number of hydrogen-bond donors (Lipinski definition) is 0. The molecule has 5 nitrogen and oxygen atoms in total. The van der Waals surface area contributed by atoms with Crippen molar-refractivity contribution in [2.75, 3.05) is 30.0 Å². The first-order chi connectivity index (χ1) is 12.5. The van der Waals surface area contributed by atoms with Gasteiger partial charge in [-0.05, 0) is 43.3 Å². The standard InChI is InChI=1S/C20H21FN2O3/c1-3-22(16-9-7-15(21)8-10-16)20(25)14-11-19(24)23(13-14)17-5-4-6-18(12-17)26-2/h4-10,12,14H,3,11,13H2,1-2H3. The van der Waals surface area contributed by atoms with E-state index >= 15 is 0 Å². The lowest BCUT2D eigenvalue weighted by molar-refractivity contribution is -0.124. The van der Waals surface area contributed by atoms with Crippen LogP contribution in [0.15, 0.2) is 48.5 Å². The number of nitrogens with zero attached hydrogens (tertiary/aromatic N) is 2. The lowest BCUT2D eigenvalue weighted by Crippen LogP contribution is -2.37. The van der Waals surface area contributed by atoms with Crippen LogP contribution < -0.4 is 14.5 Å². The van der Waals surface area contributed by atoms with E-state index in [-0.39, 0.29) is 24.1 Å². The Morgan fingerprint density at radius 2 is 2.00 bits per heavy atom. The van der Waals surface area contributed by atoms with Crippen LogP contribution in [-0.2, 0) is 9.59 Å². The van der Waals surface area contributed by atoms with Crippen molar-refractivity contribution in [3.63, 3.8) is 0 Å². The van der Waals surface area contributed by atoms with Crippen LogP contribution >= 0.6 is 0 Å². The van der Waals surface area contributed by atoms with E-state index in [4.69, 9.17) is 4.74 Å². The molecule has 0 aromatic heterocycles. The summed E-state index contributed by atoms with van der Waals surface area (Å²) in [5, 5.41) is 0. The molecular weight excluding hydrogens is 335 g/mol. The van der Waals surface area contributed by atoms with Gasteiger partial charge in [-0.3, -0.25) is 9.59 Å². The van der Waals surface area contributed by atoms with Crippen molar-refractivity contribution in [1.29, 1.82) is 0 Å². The first kappa shape index (κ1) is 17.9. The zero-order valence-electron chi connectivity index (χ0n) is 14.8. The Labute approximate surface area is 152 Å². The van der Waals surface area contributed by atoms with Crippen LogP contribution in [0.2, 0.25) is 0 Å². The highest BCUT2D eigenvalue weighted by Gasteiger charge is 2.37. The molecule has 1 heterocycles. The molecule has 0 radical (unpaired) electrons. The van der Waals surface area contributed by atoms with E-state index in [9.17, 15) is 14.0 Å². The molecule has 0 N–H and O–H groups in total. The molecule has 1 unspecified atom stereocenters. The number of carbonyl (C=O) groups is 2. The fourth-order valence-electron chi connectivity index (χ4n) is 3.21. The number of anilines is 2. The number of ether oxygens (including phenoxy) is 1. The summed E-state index contributed by atoms with van der Waals surface area (Å²) in [6.07, 6.45) is 0.160. The summed E-state index contributed by atoms with van der Waals surface area (Å²) in [5.41, 5.74) is 1.35. The Kier molecular flexibility index (Phi) is 5.21. The van der Waals surface area contributed by atoms with Crippen molar-refractivity contribution >= 4 is 23.2 Å². The molecule has 0 saturated carbocycles. The number of rotatable bonds is 5. The predicted molar refractivity (Wildman–Crippen MR) is 97.9 cm³/mol. The third-order valence-electron chi connectivity index (χ3n) is 4.56. The average molecular weight is 356 g/mol. The maximum atomic E-state index is 13.1. The maximum Gasteiger partial charge on any atom is 0.232 e. The molecule has 1 saturated heterocycles. The Morgan fingerprint density at radius 3 is 2.65 bits per heavy atom. The molecule has 3 rings (SSSR count). The summed E-state index contributed by atoms with van der Waals surface area (Å²) in [5.74, 6) is -0.340. The van der Waals surface area contributed by atoms with Gasteiger partial charge >= 0.3 is 0 Å². The molecule has 2 amide bonds. The van der Waals surface area contributed by atoms with E-state index in [0.29, 0.717) is 24.5 Å². The van der Waals surface area contributed by atoms with Crippen molar-refractivity contribution in [3.05, 3.63) is 54.3 Å². The highest BCUT2D eigenvalue weighted by Crippen LogP contribution is 2.29. The van der Waals surface area contributed by atoms with Crippen LogP contribution in [-0.4, -0.2) is 32.0 Å². The normalized spacial score (nSPS) is 16.7. The van der Waals surface area contributed by atoms with Gasteiger partial charge in [-0.25, -0.2) is 4.39 Å². The largest absolute Gasteiger partial charge is 0.497 e. The summed E-state index contributed by atoms with van der Waals surface area (Å²) < 4.78 is 18.3. The molecule has 0 aliphatic carbocycles. The second-order valence-electron chi connectivity index (χ2n) is 6.17. The monoisotopic (exact) mass is 356 g/mol. The fourth-order valence-corrected chi connectivity index (χ4v) is 3.21. The third kappa shape index (κ3) is 3.54. The van der Waals surface area contributed by atoms with Crippen LogP contribution in [0.4, 0.5) is 15.8 Å². The van der Waals surface area contributed by atoms with E-state index in [1.807, 2.05) is 19.1 Å². The lowest BCUT2D eigenvalue weighted by Gasteiger charge is -2.24. The molecule has 1 fully saturated rings. The van der Waals surface area contributed by atoms with Gasteiger partial charge in [0.05, 0.1) is 13.0 Å². The lowest BCUT2D eigenvalue weighted by atomic mass is 10.1. The molecule has 2 aromatic rings. The SMILES string of the molecule is CCN(C(=O)C1CC(=O)N(c2cccc(OC)c2)C1)c1ccc(F)cc1. The second kappa shape index (κ2) is 7.56. The summed E-state index contributed by atoms with van der Waals surface area (Å²) in [6.45, 7) is 2.63. The summed E-state index contributed by atoms with van der Waals surface area (Å²) >= 11 is 0. The molecular formula is C20H21FN2O3. The number of hydrogen-bond acceptors (Lipinski definition) is 3. The fraction of sp³-hybridized carbons (Fsp3) is 0.300. The number of halogens is 1. The van der Waals surface area contributed by atoms with E-state index < -0.39 is 5.92 Å². The number of benzene rings is 2.